The van der Waals surface area contributed by atoms with Gasteiger partial charge in [0.05, 0.1) is 11.6 Å². The minimum absolute atomic E-state index is 0.0379. The number of rotatable bonds is 3. The van der Waals surface area contributed by atoms with Gasteiger partial charge in [-0.1, -0.05) is 5.10 Å². The molecule has 0 saturated carbocycles. The standard InChI is InChI=1S/C10H7N5O2/c11-4-3-8(16)13-10-15-14-9(17-10)7-2-1-5-12-6-7/h1-2,5-6H,3H2,(H,13,15,16). The maximum atomic E-state index is 11.1. The van der Waals surface area contributed by atoms with E-state index in [2.05, 4.69) is 20.5 Å². The average Bonchev–Trinajstić information content (AvgIpc) is 2.79. The van der Waals surface area contributed by atoms with Crippen LogP contribution >= 0.6 is 0 Å². The van der Waals surface area contributed by atoms with Crippen LogP contribution in [-0.2, 0) is 4.79 Å². The number of nitrogens with one attached hydrogen (secondary N) is 1. The van der Waals surface area contributed by atoms with Crippen LogP contribution in [0, 0.1) is 11.3 Å². The minimum atomic E-state index is -0.492. The van der Waals surface area contributed by atoms with Gasteiger partial charge in [0.2, 0.25) is 5.91 Å². The molecule has 1 N–H and O–H groups in total. The third-order valence-corrected chi connectivity index (χ3v) is 1.82. The summed E-state index contributed by atoms with van der Waals surface area (Å²) in [6.45, 7) is 0. The second-order valence-corrected chi connectivity index (χ2v) is 3.04. The van der Waals surface area contributed by atoms with Crippen LogP contribution < -0.4 is 5.32 Å². The zero-order valence-electron chi connectivity index (χ0n) is 8.62. The van der Waals surface area contributed by atoms with Crippen molar-refractivity contribution in [2.24, 2.45) is 0 Å². The second kappa shape index (κ2) is 4.85. The highest BCUT2D eigenvalue weighted by Crippen LogP contribution is 2.18. The van der Waals surface area contributed by atoms with Gasteiger partial charge in [-0.15, -0.1) is 5.10 Å². The molecule has 17 heavy (non-hydrogen) atoms. The molecule has 0 spiro atoms. The van der Waals surface area contributed by atoms with Gasteiger partial charge in [0.1, 0.15) is 6.42 Å². The van der Waals surface area contributed by atoms with Crippen molar-refractivity contribution < 1.29 is 9.21 Å². The van der Waals surface area contributed by atoms with Crippen molar-refractivity contribution in [3.05, 3.63) is 24.5 Å². The highest BCUT2D eigenvalue weighted by molar-refractivity contribution is 5.90. The van der Waals surface area contributed by atoms with Crippen LogP contribution in [-0.4, -0.2) is 21.1 Å². The highest BCUT2D eigenvalue weighted by atomic mass is 16.4. The van der Waals surface area contributed by atoms with Gasteiger partial charge in [-0.2, -0.15) is 5.26 Å². The van der Waals surface area contributed by atoms with Crippen LogP contribution in [0.25, 0.3) is 11.5 Å². The van der Waals surface area contributed by atoms with Crippen LogP contribution in [0.15, 0.2) is 28.9 Å². The third-order valence-electron chi connectivity index (χ3n) is 1.82. The second-order valence-electron chi connectivity index (χ2n) is 3.04. The summed E-state index contributed by atoms with van der Waals surface area (Å²) in [4.78, 5) is 15.0. The molecule has 2 rings (SSSR count). The topological polar surface area (TPSA) is 105 Å². The molecule has 0 saturated heterocycles. The van der Waals surface area contributed by atoms with Gasteiger partial charge >= 0.3 is 6.01 Å². The Labute approximate surface area is 96.1 Å². The number of carbonyl (C=O) groups is 1. The van der Waals surface area contributed by atoms with Crippen molar-refractivity contribution in [1.29, 1.82) is 5.26 Å². The monoisotopic (exact) mass is 229 g/mol. The number of pyridine rings is 1. The van der Waals surface area contributed by atoms with Gasteiger partial charge in [0.15, 0.2) is 0 Å². The van der Waals surface area contributed by atoms with Gasteiger partial charge in [0.25, 0.3) is 5.89 Å². The molecule has 1 amide bonds. The summed E-state index contributed by atoms with van der Waals surface area (Å²) >= 11 is 0. The highest BCUT2D eigenvalue weighted by Gasteiger charge is 2.10. The van der Waals surface area contributed by atoms with Crippen LogP contribution in [0.3, 0.4) is 0 Å². The molecular formula is C10H7N5O2. The molecule has 84 valence electrons. The van der Waals surface area contributed by atoms with Gasteiger partial charge in [-0.25, -0.2) is 0 Å². The van der Waals surface area contributed by atoms with Crippen molar-refractivity contribution in [2.75, 3.05) is 5.32 Å². The molecule has 7 heteroatoms. The van der Waals surface area contributed by atoms with E-state index in [0.29, 0.717) is 5.56 Å². The predicted octanol–water partition coefficient (Wildman–Crippen LogP) is 0.984. The van der Waals surface area contributed by atoms with Crippen LogP contribution in [0.4, 0.5) is 6.01 Å². The molecule has 0 atom stereocenters. The Hall–Kier alpha value is -2.75. The molecule has 0 radical (unpaired) electrons. The van der Waals surface area contributed by atoms with Crippen LogP contribution in [0.1, 0.15) is 6.42 Å². The zero-order valence-corrected chi connectivity index (χ0v) is 8.62. The average molecular weight is 229 g/mol. The Morgan fingerprint density at radius 2 is 2.41 bits per heavy atom. The van der Waals surface area contributed by atoms with E-state index in [1.165, 1.54) is 0 Å². The lowest BCUT2D eigenvalue weighted by atomic mass is 10.3. The predicted molar refractivity (Wildman–Crippen MR) is 56.4 cm³/mol. The number of nitriles is 1. The van der Waals surface area contributed by atoms with E-state index in [9.17, 15) is 4.79 Å². The van der Waals surface area contributed by atoms with E-state index in [1.807, 2.05) is 0 Å². The summed E-state index contributed by atoms with van der Waals surface area (Å²) in [7, 11) is 0. The Balaban J connectivity index is 2.12. The van der Waals surface area contributed by atoms with Crippen molar-refractivity contribution >= 4 is 11.9 Å². The van der Waals surface area contributed by atoms with Crippen molar-refractivity contribution in [2.45, 2.75) is 6.42 Å². The molecule has 0 aromatic carbocycles. The first-order valence-electron chi connectivity index (χ1n) is 4.70. The fourth-order valence-corrected chi connectivity index (χ4v) is 1.11. The van der Waals surface area contributed by atoms with E-state index in [0.717, 1.165) is 0 Å². The van der Waals surface area contributed by atoms with Crippen LogP contribution in [0.2, 0.25) is 0 Å². The Morgan fingerprint density at radius 3 is 3.12 bits per heavy atom. The van der Waals surface area contributed by atoms with E-state index in [1.54, 1.807) is 30.6 Å². The molecule has 0 fully saturated rings. The molecule has 7 nitrogen and oxygen atoms in total. The minimum Gasteiger partial charge on any atom is -0.403 e. The molecule has 2 aromatic heterocycles. The number of anilines is 1. The van der Waals surface area contributed by atoms with Crippen molar-refractivity contribution in [3.63, 3.8) is 0 Å². The normalized spacial score (nSPS) is 9.59. The summed E-state index contributed by atoms with van der Waals surface area (Å²) in [5.74, 6) is -0.237. The maximum absolute atomic E-state index is 11.1. The molecule has 0 aliphatic rings. The molecule has 0 aliphatic carbocycles. The SMILES string of the molecule is N#CCC(=O)Nc1nnc(-c2cccnc2)o1. The first-order chi connectivity index (χ1) is 8.29. The first-order valence-corrected chi connectivity index (χ1v) is 4.70. The maximum Gasteiger partial charge on any atom is 0.322 e. The number of carbonyl (C=O) groups excluding carboxylic acids is 1. The van der Waals surface area contributed by atoms with E-state index < -0.39 is 5.91 Å². The Bertz CT molecular complexity index is 558. The van der Waals surface area contributed by atoms with Crippen molar-refractivity contribution in [1.82, 2.24) is 15.2 Å². The molecule has 0 bridgehead atoms. The molecule has 2 heterocycles. The lowest BCUT2D eigenvalue weighted by molar-refractivity contribution is -0.115. The molecule has 0 aliphatic heterocycles. The number of amides is 1. The first kappa shape index (κ1) is 10.8. The molecule has 2 aromatic rings. The summed E-state index contributed by atoms with van der Waals surface area (Å²) in [6.07, 6.45) is 2.93. The fourth-order valence-electron chi connectivity index (χ4n) is 1.11. The summed E-state index contributed by atoms with van der Waals surface area (Å²) < 4.78 is 5.18. The number of hydrogen-bond donors (Lipinski definition) is 1. The lowest BCUT2D eigenvalue weighted by Gasteiger charge is -1.94. The zero-order chi connectivity index (χ0) is 12.1. The Morgan fingerprint density at radius 1 is 1.53 bits per heavy atom. The lowest BCUT2D eigenvalue weighted by Crippen LogP contribution is -2.10. The third kappa shape index (κ3) is 2.63. The van der Waals surface area contributed by atoms with Gasteiger partial charge < -0.3 is 4.42 Å². The summed E-state index contributed by atoms with van der Waals surface area (Å²) in [5.41, 5.74) is 0.654. The van der Waals surface area contributed by atoms with Gasteiger partial charge in [-0.05, 0) is 12.1 Å². The summed E-state index contributed by atoms with van der Waals surface area (Å²) in [5, 5.41) is 18.0. The van der Waals surface area contributed by atoms with E-state index >= 15 is 0 Å². The molecule has 0 unspecified atom stereocenters. The van der Waals surface area contributed by atoms with Crippen LogP contribution in [0.5, 0.6) is 0 Å². The van der Waals surface area contributed by atoms with Gasteiger partial charge in [-0.3, -0.25) is 15.1 Å². The van der Waals surface area contributed by atoms with Crippen molar-refractivity contribution in [3.8, 4) is 17.5 Å². The largest absolute Gasteiger partial charge is 0.403 e. The number of nitrogens with zero attached hydrogens (tertiary/aromatic N) is 4. The smallest absolute Gasteiger partial charge is 0.322 e. The number of aromatic nitrogens is 3. The Kier molecular flexibility index (Phi) is 3.07. The van der Waals surface area contributed by atoms with E-state index in [-0.39, 0.29) is 18.3 Å². The van der Waals surface area contributed by atoms with Gasteiger partial charge in [0, 0.05) is 12.4 Å². The van der Waals surface area contributed by atoms with E-state index in [4.69, 9.17) is 9.68 Å². The fraction of sp³-hybridized carbons (Fsp3) is 0.100. The number of hydrogen-bond acceptors (Lipinski definition) is 6. The molecular weight excluding hydrogens is 222 g/mol. The quantitative estimate of drug-likeness (QED) is 0.841. The summed E-state index contributed by atoms with van der Waals surface area (Å²) in [6, 6.07) is 5.16.